The molecule has 8 heteroatoms. The van der Waals surface area contributed by atoms with Crippen LogP contribution in [0.2, 0.25) is 0 Å². The molecule has 0 aromatic heterocycles. The molecule has 1 saturated heterocycles. The second-order valence-electron chi connectivity index (χ2n) is 5.14. The molecule has 6 nitrogen and oxygen atoms in total. The molecule has 3 rings (SSSR count). The highest BCUT2D eigenvalue weighted by atomic mass is 79.9. The highest BCUT2D eigenvalue weighted by molar-refractivity contribution is 9.10. The van der Waals surface area contributed by atoms with Crippen LogP contribution in [0.3, 0.4) is 0 Å². The minimum atomic E-state index is -3.55. The minimum absolute atomic E-state index is 0.143. The van der Waals surface area contributed by atoms with E-state index in [0.29, 0.717) is 48.8 Å². The number of nitrogens with one attached hydrogen (secondary N) is 1. The van der Waals surface area contributed by atoms with Crippen LogP contribution in [0.25, 0.3) is 0 Å². The average Bonchev–Trinajstić information content (AvgIpc) is 2.46. The summed E-state index contributed by atoms with van der Waals surface area (Å²) in [4.78, 5) is 0.223. The van der Waals surface area contributed by atoms with Crippen molar-refractivity contribution in [1.82, 2.24) is 9.62 Å². The Balaban J connectivity index is 1.98. The van der Waals surface area contributed by atoms with Crippen LogP contribution in [0.4, 0.5) is 0 Å². The highest BCUT2D eigenvalue weighted by Gasteiger charge is 2.31. The molecular weight excluding hydrogens is 360 g/mol. The summed E-state index contributed by atoms with van der Waals surface area (Å²) in [6, 6.07) is 3.35. The molecule has 1 aromatic carbocycles. The second-order valence-corrected chi connectivity index (χ2v) is 7.91. The van der Waals surface area contributed by atoms with E-state index in [1.54, 1.807) is 12.1 Å². The van der Waals surface area contributed by atoms with Gasteiger partial charge in [-0.2, -0.15) is 4.31 Å². The van der Waals surface area contributed by atoms with Gasteiger partial charge in [-0.3, -0.25) is 0 Å². The lowest BCUT2D eigenvalue weighted by Crippen LogP contribution is -2.51. The van der Waals surface area contributed by atoms with E-state index in [1.807, 2.05) is 6.92 Å². The predicted octanol–water partition coefficient (Wildman–Crippen LogP) is 1.20. The van der Waals surface area contributed by atoms with E-state index in [9.17, 15) is 8.42 Å². The lowest BCUT2D eigenvalue weighted by molar-refractivity contribution is 0.171. The number of hydrogen-bond donors (Lipinski definition) is 1. The van der Waals surface area contributed by atoms with Crippen molar-refractivity contribution in [2.75, 3.05) is 32.8 Å². The summed E-state index contributed by atoms with van der Waals surface area (Å²) in [6.07, 6.45) is 0. The number of fused-ring (bicyclic) bond motifs is 1. The first-order chi connectivity index (χ1) is 9.98. The molecule has 0 bridgehead atoms. The second kappa shape index (κ2) is 5.75. The standard InChI is InChI=1S/C13H17BrN2O4S/c1-9-8-16(3-2-15-9)21(17,18)13-7-12-11(6-10(13)14)19-4-5-20-12/h6-7,9,15H,2-5,8H2,1H3. The fourth-order valence-corrected chi connectivity index (χ4v) is 5.02. The first kappa shape index (κ1) is 15.1. The van der Waals surface area contributed by atoms with Crippen molar-refractivity contribution < 1.29 is 17.9 Å². The number of ether oxygens (including phenoxy) is 2. The molecule has 0 saturated carbocycles. The highest BCUT2D eigenvalue weighted by Crippen LogP contribution is 2.38. The van der Waals surface area contributed by atoms with Gasteiger partial charge in [0.25, 0.3) is 0 Å². The number of sulfonamides is 1. The quantitative estimate of drug-likeness (QED) is 0.839. The molecule has 1 N–H and O–H groups in total. The van der Waals surface area contributed by atoms with Crippen LogP contribution in [0.1, 0.15) is 6.92 Å². The first-order valence-corrected chi connectivity index (χ1v) is 9.04. The van der Waals surface area contributed by atoms with Gasteiger partial charge in [-0.05, 0) is 28.9 Å². The van der Waals surface area contributed by atoms with Gasteiger partial charge in [0.05, 0.1) is 0 Å². The van der Waals surface area contributed by atoms with E-state index in [-0.39, 0.29) is 10.9 Å². The van der Waals surface area contributed by atoms with Crippen LogP contribution < -0.4 is 14.8 Å². The van der Waals surface area contributed by atoms with Crippen molar-refractivity contribution in [3.63, 3.8) is 0 Å². The van der Waals surface area contributed by atoms with E-state index in [0.717, 1.165) is 0 Å². The van der Waals surface area contributed by atoms with Gasteiger partial charge in [0.15, 0.2) is 11.5 Å². The van der Waals surface area contributed by atoms with Crippen molar-refractivity contribution in [1.29, 1.82) is 0 Å². The summed E-state index contributed by atoms with van der Waals surface area (Å²) in [5.41, 5.74) is 0. The summed E-state index contributed by atoms with van der Waals surface area (Å²) < 4.78 is 38.6. The normalized spacial score (nSPS) is 23.0. The van der Waals surface area contributed by atoms with E-state index >= 15 is 0 Å². The zero-order chi connectivity index (χ0) is 15.0. The van der Waals surface area contributed by atoms with E-state index in [1.165, 1.54) is 4.31 Å². The number of benzene rings is 1. The molecule has 0 radical (unpaired) electrons. The number of nitrogens with zero attached hydrogens (tertiary/aromatic N) is 1. The van der Waals surface area contributed by atoms with Gasteiger partial charge in [0, 0.05) is 36.2 Å². The molecule has 1 fully saturated rings. The van der Waals surface area contributed by atoms with Gasteiger partial charge in [0.2, 0.25) is 10.0 Å². The van der Waals surface area contributed by atoms with Crippen molar-refractivity contribution in [3.8, 4) is 11.5 Å². The Morgan fingerprint density at radius 1 is 1.29 bits per heavy atom. The molecule has 1 unspecified atom stereocenters. The van der Waals surface area contributed by atoms with Gasteiger partial charge in [-0.15, -0.1) is 0 Å². The Kier molecular flexibility index (Phi) is 4.13. The zero-order valence-corrected chi connectivity index (χ0v) is 14.0. The SMILES string of the molecule is CC1CN(S(=O)(=O)c2cc3c(cc2Br)OCCO3)CCN1. The van der Waals surface area contributed by atoms with Gasteiger partial charge < -0.3 is 14.8 Å². The number of piperazine rings is 1. The number of rotatable bonds is 2. The molecule has 0 amide bonds. The van der Waals surface area contributed by atoms with E-state index < -0.39 is 10.0 Å². The van der Waals surface area contributed by atoms with E-state index in [2.05, 4.69) is 21.2 Å². The Bertz CT molecular complexity index is 650. The van der Waals surface area contributed by atoms with Crippen LogP contribution in [0.5, 0.6) is 11.5 Å². The number of halogens is 1. The van der Waals surface area contributed by atoms with Crippen LogP contribution >= 0.6 is 15.9 Å². The summed E-state index contributed by atoms with van der Waals surface area (Å²) in [6.45, 7) is 4.46. The lowest BCUT2D eigenvalue weighted by atomic mass is 10.3. The van der Waals surface area contributed by atoms with Crippen LogP contribution in [-0.4, -0.2) is 51.6 Å². The molecule has 0 aliphatic carbocycles. The van der Waals surface area contributed by atoms with Gasteiger partial charge >= 0.3 is 0 Å². The summed E-state index contributed by atoms with van der Waals surface area (Å²) in [5.74, 6) is 1.05. The van der Waals surface area contributed by atoms with Gasteiger partial charge in [-0.1, -0.05) is 0 Å². The van der Waals surface area contributed by atoms with Crippen molar-refractivity contribution in [2.45, 2.75) is 17.9 Å². The maximum Gasteiger partial charge on any atom is 0.244 e. The fourth-order valence-electron chi connectivity index (χ4n) is 2.50. The maximum absolute atomic E-state index is 12.8. The Morgan fingerprint density at radius 3 is 2.62 bits per heavy atom. The topological polar surface area (TPSA) is 67.9 Å². The third-order valence-corrected chi connectivity index (χ3v) is 6.37. The Hall–Kier alpha value is -0.830. The van der Waals surface area contributed by atoms with Crippen LogP contribution in [-0.2, 0) is 10.0 Å². The Morgan fingerprint density at radius 2 is 1.95 bits per heavy atom. The molecule has 116 valence electrons. The third-order valence-electron chi connectivity index (χ3n) is 3.55. The van der Waals surface area contributed by atoms with Crippen molar-refractivity contribution in [2.24, 2.45) is 0 Å². The summed E-state index contributed by atoms with van der Waals surface area (Å²) >= 11 is 3.34. The molecule has 21 heavy (non-hydrogen) atoms. The molecule has 2 aliphatic rings. The van der Waals surface area contributed by atoms with Crippen LogP contribution in [0, 0.1) is 0 Å². The van der Waals surface area contributed by atoms with E-state index in [4.69, 9.17) is 9.47 Å². The summed E-state index contributed by atoms with van der Waals surface area (Å²) in [5, 5.41) is 3.24. The zero-order valence-electron chi connectivity index (χ0n) is 11.6. The smallest absolute Gasteiger partial charge is 0.244 e. The van der Waals surface area contributed by atoms with Crippen molar-refractivity contribution in [3.05, 3.63) is 16.6 Å². The summed E-state index contributed by atoms with van der Waals surface area (Å²) in [7, 11) is -3.55. The third kappa shape index (κ3) is 2.90. The predicted molar refractivity (Wildman–Crippen MR) is 81.4 cm³/mol. The van der Waals surface area contributed by atoms with Crippen molar-refractivity contribution >= 4 is 26.0 Å². The molecule has 0 spiro atoms. The molecule has 2 heterocycles. The maximum atomic E-state index is 12.8. The molecule has 1 atom stereocenters. The monoisotopic (exact) mass is 376 g/mol. The lowest BCUT2D eigenvalue weighted by Gasteiger charge is -2.31. The largest absolute Gasteiger partial charge is 0.486 e. The molecule has 1 aromatic rings. The molecular formula is C13H17BrN2O4S. The average molecular weight is 377 g/mol. The number of hydrogen-bond acceptors (Lipinski definition) is 5. The minimum Gasteiger partial charge on any atom is -0.486 e. The fraction of sp³-hybridized carbons (Fsp3) is 0.538. The van der Waals surface area contributed by atoms with Gasteiger partial charge in [0.1, 0.15) is 18.1 Å². The van der Waals surface area contributed by atoms with Crippen LogP contribution in [0.15, 0.2) is 21.5 Å². The van der Waals surface area contributed by atoms with Gasteiger partial charge in [-0.25, -0.2) is 8.42 Å². The molecule has 2 aliphatic heterocycles. The Labute approximate surface area is 132 Å². The first-order valence-electron chi connectivity index (χ1n) is 6.81.